The molecular weight excluding hydrogens is 415 g/mol. The van der Waals surface area contributed by atoms with Gasteiger partial charge in [0.2, 0.25) is 0 Å². The third-order valence-corrected chi connectivity index (χ3v) is 6.15. The highest BCUT2D eigenvalue weighted by molar-refractivity contribution is 6.44. The first-order chi connectivity index (χ1) is 15.4. The number of ketones is 1. The Morgan fingerprint density at radius 2 is 2.06 bits per heavy atom. The molecule has 164 valence electrons. The summed E-state index contributed by atoms with van der Waals surface area (Å²) >= 11 is 0. The van der Waals surface area contributed by atoms with E-state index in [0.717, 1.165) is 6.42 Å². The molecule has 0 unspecified atom stereocenters. The fourth-order valence-electron chi connectivity index (χ4n) is 4.46. The van der Waals surface area contributed by atoms with Crippen LogP contribution in [0.2, 0.25) is 0 Å². The maximum absolute atomic E-state index is 13.5. The molecule has 10 heteroatoms. The molecule has 3 aromatic rings. The molecule has 0 radical (unpaired) electrons. The number of nitrogens with one attached hydrogen (secondary N) is 3. The van der Waals surface area contributed by atoms with E-state index in [1.807, 2.05) is 0 Å². The molecule has 1 saturated carbocycles. The third kappa shape index (κ3) is 3.28. The molecule has 1 aromatic carbocycles. The lowest BCUT2D eigenvalue weighted by atomic mass is 10.0. The number of hydrogen-bond acceptors (Lipinski definition) is 5. The molecule has 0 saturated heterocycles. The molecule has 9 nitrogen and oxygen atoms in total. The van der Waals surface area contributed by atoms with E-state index in [2.05, 4.69) is 26.0 Å². The number of halogens is 1. The van der Waals surface area contributed by atoms with Crippen molar-refractivity contribution in [2.75, 3.05) is 5.32 Å². The summed E-state index contributed by atoms with van der Waals surface area (Å²) in [4.78, 5) is 39.1. The minimum absolute atomic E-state index is 0.264. The minimum atomic E-state index is -0.731. The number of aromatic nitrogens is 4. The van der Waals surface area contributed by atoms with Crippen molar-refractivity contribution in [2.24, 2.45) is 0 Å². The van der Waals surface area contributed by atoms with Crippen molar-refractivity contribution in [3.05, 3.63) is 64.5 Å². The van der Waals surface area contributed by atoms with Gasteiger partial charge in [0.1, 0.15) is 17.2 Å². The van der Waals surface area contributed by atoms with E-state index in [9.17, 15) is 18.8 Å². The SMILES string of the molecule is Cc1c(C(=O)C(=O)NC2(c3cn[nH]n3)CC2)c2n(c1C(=O)Nc1cccc(F)c1)CCC2. The zero-order chi connectivity index (χ0) is 22.5. The van der Waals surface area contributed by atoms with Gasteiger partial charge in [-0.05, 0) is 56.4 Å². The van der Waals surface area contributed by atoms with Crippen LogP contribution in [0.1, 0.15) is 57.1 Å². The number of hydrogen-bond donors (Lipinski definition) is 3. The van der Waals surface area contributed by atoms with Gasteiger partial charge in [-0.3, -0.25) is 14.4 Å². The number of fused-ring (bicyclic) bond motifs is 1. The molecule has 5 rings (SSSR count). The second-order valence-electron chi connectivity index (χ2n) is 8.24. The van der Waals surface area contributed by atoms with Crippen LogP contribution in [0.25, 0.3) is 0 Å². The fraction of sp³-hybridized carbons (Fsp3) is 0.318. The number of aromatic amines is 1. The molecule has 2 aliphatic rings. The van der Waals surface area contributed by atoms with Gasteiger partial charge in [0.25, 0.3) is 17.6 Å². The Bertz CT molecular complexity index is 1240. The lowest BCUT2D eigenvalue weighted by Crippen LogP contribution is -2.40. The Balaban J connectivity index is 1.43. The van der Waals surface area contributed by atoms with E-state index in [1.54, 1.807) is 17.6 Å². The first kappa shape index (κ1) is 20.1. The molecule has 2 aromatic heterocycles. The van der Waals surface area contributed by atoms with Gasteiger partial charge in [-0.25, -0.2) is 4.39 Å². The van der Waals surface area contributed by atoms with Crippen LogP contribution < -0.4 is 10.6 Å². The van der Waals surface area contributed by atoms with Crippen molar-refractivity contribution < 1.29 is 18.8 Å². The summed E-state index contributed by atoms with van der Waals surface area (Å²) in [6, 6.07) is 5.60. The maximum atomic E-state index is 13.5. The molecule has 3 N–H and O–H groups in total. The van der Waals surface area contributed by atoms with Gasteiger partial charge in [0.05, 0.1) is 17.3 Å². The van der Waals surface area contributed by atoms with Gasteiger partial charge in [-0.15, -0.1) is 0 Å². The van der Waals surface area contributed by atoms with E-state index < -0.39 is 29.0 Å². The quantitative estimate of drug-likeness (QED) is 0.404. The fourth-order valence-corrected chi connectivity index (χ4v) is 4.46. The number of anilines is 1. The Kier molecular flexibility index (Phi) is 4.65. The molecule has 1 fully saturated rings. The molecule has 0 spiro atoms. The topological polar surface area (TPSA) is 122 Å². The largest absolute Gasteiger partial charge is 0.340 e. The van der Waals surface area contributed by atoms with E-state index >= 15 is 0 Å². The Morgan fingerprint density at radius 3 is 2.75 bits per heavy atom. The summed E-state index contributed by atoms with van der Waals surface area (Å²) in [7, 11) is 0. The molecule has 3 heterocycles. The van der Waals surface area contributed by atoms with Gasteiger partial charge in [-0.2, -0.15) is 15.4 Å². The summed E-state index contributed by atoms with van der Waals surface area (Å²) in [6.45, 7) is 2.23. The van der Waals surface area contributed by atoms with Gasteiger partial charge >= 0.3 is 0 Å². The van der Waals surface area contributed by atoms with Crippen LogP contribution in [0.5, 0.6) is 0 Å². The molecule has 0 atom stereocenters. The number of rotatable bonds is 6. The van der Waals surface area contributed by atoms with Crippen LogP contribution in [0, 0.1) is 12.7 Å². The Hall–Kier alpha value is -3.82. The van der Waals surface area contributed by atoms with Crippen LogP contribution in [-0.2, 0) is 23.3 Å². The van der Waals surface area contributed by atoms with Crippen molar-refractivity contribution in [3.63, 3.8) is 0 Å². The van der Waals surface area contributed by atoms with Crippen LogP contribution in [0.3, 0.4) is 0 Å². The van der Waals surface area contributed by atoms with Crippen LogP contribution in [0.15, 0.2) is 30.5 Å². The number of carbonyl (C=O) groups is 3. The highest BCUT2D eigenvalue weighted by Crippen LogP contribution is 2.44. The number of Topliss-reactive ketones (excluding diaryl/α,β-unsaturated/α-hetero) is 1. The highest BCUT2D eigenvalue weighted by Gasteiger charge is 2.49. The van der Waals surface area contributed by atoms with E-state index in [4.69, 9.17) is 0 Å². The standard InChI is InChI=1S/C22H21FN6O3/c1-12-17(19(30)21(32)26-22(7-8-22)16-11-24-28-27-16)15-6-3-9-29(15)18(12)20(31)25-14-5-2-4-13(23)10-14/h2,4-5,10-11H,3,6-9H2,1H3,(H,25,31)(H,26,32)(H,24,27,28). The zero-order valence-electron chi connectivity index (χ0n) is 17.4. The second kappa shape index (κ2) is 7.40. The van der Waals surface area contributed by atoms with Gasteiger partial charge in [-0.1, -0.05) is 6.07 Å². The van der Waals surface area contributed by atoms with Crippen molar-refractivity contribution >= 4 is 23.3 Å². The average molecular weight is 436 g/mol. The Morgan fingerprint density at radius 1 is 1.25 bits per heavy atom. The first-order valence-electron chi connectivity index (χ1n) is 10.4. The van der Waals surface area contributed by atoms with Crippen LogP contribution in [-0.4, -0.2) is 37.6 Å². The normalized spacial score (nSPS) is 15.8. The van der Waals surface area contributed by atoms with Crippen molar-refractivity contribution in [2.45, 2.75) is 44.7 Å². The van der Waals surface area contributed by atoms with Crippen molar-refractivity contribution in [1.29, 1.82) is 0 Å². The van der Waals surface area contributed by atoms with Crippen molar-refractivity contribution in [3.8, 4) is 0 Å². The number of H-pyrrole nitrogens is 1. The molecule has 0 bridgehead atoms. The summed E-state index contributed by atoms with van der Waals surface area (Å²) < 4.78 is 15.3. The van der Waals surface area contributed by atoms with Gasteiger partial charge in [0.15, 0.2) is 0 Å². The smallest absolute Gasteiger partial charge is 0.293 e. The third-order valence-electron chi connectivity index (χ3n) is 6.15. The average Bonchev–Trinajstić information content (AvgIpc) is 3.13. The number of benzene rings is 1. The summed E-state index contributed by atoms with van der Waals surface area (Å²) in [6.07, 6.45) is 4.24. The predicted octanol–water partition coefficient (Wildman–Crippen LogP) is 2.24. The number of carbonyl (C=O) groups excluding carboxylic acids is 3. The van der Waals surface area contributed by atoms with Crippen LogP contribution >= 0.6 is 0 Å². The monoisotopic (exact) mass is 436 g/mol. The van der Waals surface area contributed by atoms with Crippen LogP contribution in [0.4, 0.5) is 10.1 Å². The molecular formula is C22H21FN6O3. The lowest BCUT2D eigenvalue weighted by Gasteiger charge is -2.14. The second-order valence-corrected chi connectivity index (χ2v) is 8.24. The zero-order valence-corrected chi connectivity index (χ0v) is 17.4. The Labute approximate surface area is 182 Å². The lowest BCUT2D eigenvalue weighted by molar-refractivity contribution is -0.118. The van der Waals surface area contributed by atoms with E-state index in [0.29, 0.717) is 54.1 Å². The molecule has 1 aliphatic carbocycles. The highest BCUT2D eigenvalue weighted by atomic mass is 19.1. The van der Waals surface area contributed by atoms with Gasteiger partial charge < -0.3 is 15.2 Å². The van der Waals surface area contributed by atoms with Gasteiger partial charge in [0, 0.05) is 17.9 Å². The predicted molar refractivity (Wildman–Crippen MR) is 112 cm³/mol. The number of amides is 2. The van der Waals surface area contributed by atoms with E-state index in [-0.39, 0.29) is 5.56 Å². The van der Waals surface area contributed by atoms with Crippen molar-refractivity contribution in [1.82, 2.24) is 25.3 Å². The first-order valence-corrected chi connectivity index (χ1v) is 10.4. The molecule has 2 amide bonds. The van der Waals surface area contributed by atoms with E-state index in [1.165, 1.54) is 24.4 Å². The summed E-state index contributed by atoms with van der Waals surface area (Å²) in [5.74, 6) is -2.32. The summed E-state index contributed by atoms with van der Waals surface area (Å²) in [5, 5.41) is 15.8. The maximum Gasteiger partial charge on any atom is 0.293 e. The number of nitrogens with zero attached hydrogens (tertiary/aromatic N) is 3. The minimum Gasteiger partial charge on any atom is -0.340 e. The summed E-state index contributed by atoms with van der Waals surface area (Å²) in [5.41, 5.74) is 1.94. The molecule has 1 aliphatic heterocycles. The molecule has 32 heavy (non-hydrogen) atoms.